The third-order valence-corrected chi connectivity index (χ3v) is 4.11. The van der Waals surface area contributed by atoms with Gasteiger partial charge in [-0.2, -0.15) is 0 Å². The molecule has 2 heterocycles. The van der Waals surface area contributed by atoms with Crippen LogP contribution in [0.2, 0.25) is 0 Å². The van der Waals surface area contributed by atoms with E-state index in [0.717, 1.165) is 18.7 Å². The maximum absolute atomic E-state index is 11.9. The van der Waals surface area contributed by atoms with Gasteiger partial charge in [-0.1, -0.05) is 19.3 Å². The average Bonchev–Trinajstić information content (AvgIpc) is 3.22. The van der Waals surface area contributed by atoms with Gasteiger partial charge in [-0.3, -0.25) is 10.00 Å². The zero-order valence-corrected chi connectivity index (χ0v) is 13.3. The summed E-state index contributed by atoms with van der Waals surface area (Å²) in [7, 11) is 0. The van der Waals surface area contributed by atoms with Gasteiger partial charge in [-0.25, -0.2) is 9.78 Å². The van der Waals surface area contributed by atoms with Crippen molar-refractivity contribution in [3.05, 3.63) is 18.5 Å². The van der Waals surface area contributed by atoms with Crippen molar-refractivity contribution < 1.29 is 4.79 Å². The van der Waals surface area contributed by atoms with Crippen LogP contribution in [0.3, 0.4) is 0 Å². The van der Waals surface area contributed by atoms with Crippen molar-refractivity contribution in [2.75, 3.05) is 5.32 Å². The number of hydrogen-bond donors (Lipinski definition) is 2. The van der Waals surface area contributed by atoms with Gasteiger partial charge in [0.1, 0.15) is 12.7 Å². The molecule has 2 aromatic heterocycles. The average molecular weight is 318 g/mol. The maximum atomic E-state index is 11.9. The molecule has 0 spiro atoms. The topological polar surface area (TPSA) is 103 Å². The van der Waals surface area contributed by atoms with Gasteiger partial charge in [0.05, 0.1) is 6.54 Å². The molecular weight excluding hydrogens is 296 g/mol. The molecule has 9 heteroatoms. The van der Waals surface area contributed by atoms with Gasteiger partial charge in [0, 0.05) is 12.6 Å². The van der Waals surface area contributed by atoms with E-state index in [9.17, 15) is 4.79 Å². The number of carbonyl (C=O) groups excluding carboxylic acids is 1. The van der Waals surface area contributed by atoms with Crippen LogP contribution in [0.5, 0.6) is 0 Å². The number of hydrogen-bond acceptors (Lipinski definition) is 5. The molecule has 2 aromatic rings. The molecule has 2 N–H and O–H groups in total. The summed E-state index contributed by atoms with van der Waals surface area (Å²) in [5.74, 6) is 1.07. The fourth-order valence-electron chi connectivity index (χ4n) is 2.87. The predicted octanol–water partition coefficient (Wildman–Crippen LogP) is 1.72. The van der Waals surface area contributed by atoms with Crippen molar-refractivity contribution in [2.24, 2.45) is 0 Å². The minimum Gasteiger partial charge on any atom is -0.330 e. The lowest BCUT2D eigenvalue weighted by Gasteiger charge is -2.23. The Labute approximate surface area is 134 Å². The highest BCUT2D eigenvalue weighted by molar-refractivity contribution is 5.87. The monoisotopic (exact) mass is 318 g/mol. The summed E-state index contributed by atoms with van der Waals surface area (Å²) >= 11 is 0. The Bertz CT molecular complexity index is 643. The molecule has 23 heavy (non-hydrogen) atoms. The molecule has 0 bridgehead atoms. The zero-order valence-electron chi connectivity index (χ0n) is 13.3. The van der Waals surface area contributed by atoms with Crippen molar-refractivity contribution in [2.45, 2.75) is 58.2 Å². The van der Waals surface area contributed by atoms with Crippen molar-refractivity contribution in [3.8, 4) is 0 Å². The number of aryl methyl sites for hydroxylation is 1. The summed E-state index contributed by atoms with van der Waals surface area (Å²) < 4.78 is 3.73. The first-order valence-corrected chi connectivity index (χ1v) is 8.09. The Kier molecular flexibility index (Phi) is 4.84. The Balaban J connectivity index is 1.53. The molecule has 0 unspecified atom stereocenters. The molecule has 1 aliphatic rings. The van der Waals surface area contributed by atoms with Gasteiger partial charge < -0.3 is 9.88 Å². The van der Waals surface area contributed by atoms with Crippen LogP contribution in [0.25, 0.3) is 0 Å². The van der Waals surface area contributed by atoms with E-state index in [2.05, 4.69) is 35.5 Å². The number of carbonyl (C=O) groups is 1. The molecule has 2 amide bonds. The van der Waals surface area contributed by atoms with Crippen LogP contribution in [0, 0.1) is 0 Å². The standard InChI is InChI=1S/C14H22N8O/c1-2-21-9-16-13(20-21)18-14(23)15-8-12-19-17-10-22(12)11-6-4-3-5-7-11/h9-11H,2-8H2,1H3,(H2,15,18,20,23). The molecule has 0 aliphatic heterocycles. The van der Waals surface area contributed by atoms with Gasteiger partial charge in [0.15, 0.2) is 5.82 Å². The highest BCUT2D eigenvalue weighted by Crippen LogP contribution is 2.28. The number of aromatic nitrogens is 6. The molecule has 0 atom stereocenters. The lowest BCUT2D eigenvalue weighted by molar-refractivity contribution is 0.251. The first-order valence-electron chi connectivity index (χ1n) is 8.09. The molecule has 1 aliphatic carbocycles. The third kappa shape index (κ3) is 3.85. The van der Waals surface area contributed by atoms with Crippen LogP contribution in [0.15, 0.2) is 12.7 Å². The van der Waals surface area contributed by atoms with E-state index in [0.29, 0.717) is 19.1 Å². The Morgan fingerprint density at radius 2 is 2.13 bits per heavy atom. The Morgan fingerprint density at radius 1 is 1.30 bits per heavy atom. The van der Waals surface area contributed by atoms with Gasteiger partial charge in [0.2, 0.25) is 5.95 Å². The number of rotatable bonds is 5. The van der Waals surface area contributed by atoms with Gasteiger partial charge >= 0.3 is 6.03 Å². The van der Waals surface area contributed by atoms with E-state index in [1.807, 2.05) is 6.92 Å². The highest BCUT2D eigenvalue weighted by atomic mass is 16.2. The van der Waals surface area contributed by atoms with Crippen molar-refractivity contribution in [1.82, 2.24) is 34.8 Å². The first kappa shape index (κ1) is 15.4. The largest absolute Gasteiger partial charge is 0.330 e. The van der Waals surface area contributed by atoms with E-state index < -0.39 is 0 Å². The lowest BCUT2D eigenvalue weighted by atomic mass is 9.95. The highest BCUT2D eigenvalue weighted by Gasteiger charge is 2.18. The first-order chi connectivity index (χ1) is 11.3. The molecule has 3 rings (SSSR count). The van der Waals surface area contributed by atoms with Crippen molar-refractivity contribution in [3.63, 3.8) is 0 Å². The SMILES string of the molecule is CCn1cnc(NC(=O)NCc2nncn2C2CCCCC2)n1. The van der Waals surface area contributed by atoms with Gasteiger partial charge in [-0.15, -0.1) is 15.3 Å². The second-order valence-electron chi connectivity index (χ2n) is 5.68. The van der Waals surface area contributed by atoms with E-state index in [1.54, 1.807) is 17.3 Å². The van der Waals surface area contributed by atoms with Gasteiger partial charge in [-0.05, 0) is 19.8 Å². The van der Waals surface area contributed by atoms with Gasteiger partial charge in [0.25, 0.3) is 0 Å². The van der Waals surface area contributed by atoms with E-state index in [-0.39, 0.29) is 12.0 Å². The van der Waals surface area contributed by atoms with E-state index in [1.165, 1.54) is 19.3 Å². The molecule has 0 radical (unpaired) electrons. The van der Waals surface area contributed by atoms with Crippen molar-refractivity contribution in [1.29, 1.82) is 0 Å². The van der Waals surface area contributed by atoms with Crippen LogP contribution in [0.1, 0.15) is 50.9 Å². The molecule has 0 saturated heterocycles. The molecule has 9 nitrogen and oxygen atoms in total. The molecular formula is C14H22N8O. The molecule has 1 fully saturated rings. The fraction of sp³-hybridized carbons (Fsp3) is 0.643. The molecule has 1 saturated carbocycles. The summed E-state index contributed by atoms with van der Waals surface area (Å²) in [6.07, 6.45) is 9.41. The summed E-state index contributed by atoms with van der Waals surface area (Å²) in [5, 5.41) is 17.6. The summed E-state index contributed by atoms with van der Waals surface area (Å²) in [6.45, 7) is 2.99. The summed E-state index contributed by atoms with van der Waals surface area (Å²) in [6, 6.07) is 0.0950. The second-order valence-corrected chi connectivity index (χ2v) is 5.68. The third-order valence-electron chi connectivity index (χ3n) is 4.11. The van der Waals surface area contributed by atoms with E-state index >= 15 is 0 Å². The number of nitrogens with one attached hydrogen (secondary N) is 2. The summed E-state index contributed by atoms with van der Waals surface area (Å²) in [5.41, 5.74) is 0. The second kappa shape index (κ2) is 7.21. The predicted molar refractivity (Wildman–Crippen MR) is 83.7 cm³/mol. The smallest absolute Gasteiger partial charge is 0.322 e. The Morgan fingerprint density at radius 3 is 2.87 bits per heavy atom. The quantitative estimate of drug-likeness (QED) is 0.873. The normalized spacial score (nSPS) is 15.5. The van der Waals surface area contributed by atoms with Crippen molar-refractivity contribution >= 4 is 12.0 Å². The number of urea groups is 1. The lowest BCUT2D eigenvalue weighted by Crippen LogP contribution is -2.30. The summed E-state index contributed by atoms with van der Waals surface area (Å²) in [4.78, 5) is 15.9. The maximum Gasteiger partial charge on any atom is 0.322 e. The van der Waals surface area contributed by atoms with Crippen LogP contribution in [0.4, 0.5) is 10.7 Å². The molecule has 0 aromatic carbocycles. The van der Waals surface area contributed by atoms with Crippen LogP contribution in [-0.4, -0.2) is 35.6 Å². The van der Waals surface area contributed by atoms with Crippen LogP contribution < -0.4 is 10.6 Å². The van der Waals surface area contributed by atoms with Crippen LogP contribution in [-0.2, 0) is 13.1 Å². The number of amides is 2. The van der Waals surface area contributed by atoms with E-state index in [4.69, 9.17) is 0 Å². The Hall–Kier alpha value is -2.45. The number of anilines is 1. The van der Waals surface area contributed by atoms with Crippen LogP contribution >= 0.6 is 0 Å². The number of nitrogens with zero attached hydrogens (tertiary/aromatic N) is 6. The molecule has 124 valence electrons. The minimum atomic E-state index is -0.350. The zero-order chi connectivity index (χ0) is 16.1. The fourth-order valence-corrected chi connectivity index (χ4v) is 2.87. The minimum absolute atomic E-state index is 0.290.